The number of halogens is 5. The first kappa shape index (κ1) is 31.9. The van der Waals surface area contributed by atoms with Gasteiger partial charge in [-0.3, -0.25) is 0 Å². The first-order chi connectivity index (χ1) is 26.9. The summed E-state index contributed by atoms with van der Waals surface area (Å²) in [6.45, 7) is 0. The highest BCUT2D eigenvalue weighted by Gasteiger charge is 2.27. The maximum atomic E-state index is 14.8. The van der Waals surface area contributed by atoms with Crippen LogP contribution in [-0.4, -0.2) is 4.57 Å². The van der Waals surface area contributed by atoms with Crippen molar-refractivity contribution >= 4 is 85.6 Å². The molecule has 0 saturated carbocycles. The number of rotatable bonds is 3. The predicted molar refractivity (Wildman–Crippen MR) is 217 cm³/mol. The minimum Gasteiger partial charge on any atom is -0.309 e. The van der Waals surface area contributed by atoms with Crippen LogP contribution in [0.5, 0.6) is 0 Å². The molecule has 0 aliphatic rings. The fraction of sp³-hybridized carbons (Fsp3) is 0. The lowest BCUT2D eigenvalue weighted by molar-refractivity contribution is 0.381. The Labute approximate surface area is 313 Å². The van der Waals surface area contributed by atoms with Gasteiger partial charge in [0.2, 0.25) is 5.82 Å². The Morgan fingerprint density at radius 3 is 1.58 bits per heavy atom. The number of nitrogens with zero attached hydrogens (tertiary/aromatic N) is 1. The SMILES string of the molecule is Fc1c(F)c(F)c(-c2ccc3c(c2)sc2cc(-c4cc5c6ccccc6c6c7ccccc7n(-c7ccccc7)c6c5c5ccccc45)ccc23)c(F)c1F. The van der Waals surface area contributed by atoms with Gasteiger partial charge in [0.25, 0.3) is 0 Å². The van der Waals surface area contributed by atoms with Gasteiger partial charge in [0.1, 0.15) is 0 Å². The average molecular weight is 742 g/mol. The summed E-state index contributed by atoms with van der Waals surface area (Å²) >= 11 is 1.41. The third-order valence-electron chi connectivity index (χ3n) is 10.9. The van der Waals surface area contributed by atoms with Crippen LogP contribution in [0.1, 0.15) is 0 Å². The van der Waals surface area contributed by atoms with E-state index in [0.717, 1.165) is 70.3 Å². The third kappa shape index (κ3) is 4.44. The van der Waals surface area contributed by atoms with Gasteiger partial charge in [-0.1, -0.05) is 109 Å². The predicted octanol–water partition coefficient (Wildman–Crippen LogP) is 14.6. The molecule has 55 heavy (non-hydrogen) atoms. The number of thiophene rings is 1. The highest BCUT2D eigenvalue weighted by atomic mass is 32.1. The number of hydrogen-bond donors (Lipinski definition) is 0. The summed E-state index contributed by atoms with van der Waals surface area (Å²) in [5.41, 5.74) is 4.38. The van der Waals surface area contributed by atoms with E-state index in [9.17, 15) is 22.0 Å². The van der Waals surface area contributed by atoms with E-state index < -0.39 is 34.6 Å². The van der Waals surface area contributed by atoms with Gasteiger partial charge in [-0.25, -0.2) is 22.0 Å². The van der Waals surface area contributed by atoms with Crippen LogP contribution in [0.25, 0.3) is 102 Å². The third-order valence-corrected chi connectivity index (χ3v) is 12.1. The van der Waals surface area contributed by atoms with Gasteiger partial charge in [0.15, 0.2) is 23.3 Å². The van der Waals surface area contributed by atoms with Crippen LogP contribution in [0.4, 0.5) is 22.0 Å². The molecular weight excluding hydrogens is 718 g/mol. The summed E-state index contributed by atoms with van der Waals surface area (Å²) < 4.78 is 75.7. The molecule has 0 saturated heterocycles. The number of para-hydroxylation sites is 2. The van der Waals surface area contributed by atoms with E-state index in [4.69, 9.17) is 0 Å². The van der Waals surface area contributed by atoms with Crippen LogP contribution in [0.2, 0.25) is 0 Å². The van der Waals surface area contributed by atoms with Crippen LogP contribution < -0.4 is 0 Å². The molecule has 0 N–H and O–H groups in total. The summed E-state index contributed by atoms with van der Waals surface area (Å²) in [5.74, 6) is -9.81. The Bertz CT molecular complexity index is 3410. The van der Waals surface area contributed by atoms with Gasteiger partial charge in [0.05, 0.1) is 16.6 Å². The summed E-state index contributed by atoms with van der Waals surface area (Å²) in [6, 6.07) is 49.2. The van der Waals surface area contributed by atoms with E-state index in [2.05, 4.69) is 120 Å². The van der Waals surface area contributed by atoms with Gasteiger partial charge >= 0.3 is 0 Å². The molecule has 9 aromatic carbocycles. The normalized spacial score (nSPS) is 12.1. The van der Waals surface area contributed by atoms with Crippen LogP contribution in [0, 0.1) is 29.1 Å². The number of fused-ring (bicyclic) bond motifs is 13. The molecule has 0 atom stereocenters. The van der Waals surface area contributed by atoms with Crippen LogP contribution in [-0.2, 0) is 0 Å². The topological polar surface area (TPSA) is 4.93 Å². The van der Waals surface area contributed by atoms with Crippen molar-refractivity contribution in [2.45, 2.75) is 0 Å². The van der Waals surface area contributed by atoms with Gasteiger partial charge in [-0.15, -0.1) is 11.3 Å². The Morgan fingerprint density at radius 2 is 0.891 bits per heavy atom. The molecule has 0 unspecified atom stereocenters. The van der Waals surface area contributed by atoms with Gasteiger partial charge in [0, 0.05) is 42.0 Å². The molecule has 2 heterocycles. The van der Waals surface area contributed by atoms with Crippen LogP contribution in [0.15, 0.2) is 146 Å². The number of aromatic nitrogens is 1. The second kappa shape index (κ2) is 11.7. The Balaban J connectivity index is 1.19. The zero-order chi connectivity index (χ0) is 37.1. The zero-order valence-corrected chi connectivity index (χ0v) is 29.4. The number of hydrogen-bond acceptors (Lipinski definition) is 1. The van der Waals surface area contributed by atoms with Crippen molar-refractivity contribution in [3.8, 4) is 27.9 Å². The summed E-state index contributed by atoms with van der Waals surface area (Å²) in [7, 11) is 0. The minimum atomic E-state index is -2.17. The molecule has 2 aromatic heterocycles. The molecule has 0 spiro atoms. The maximum Gasteiger partial charge on any atom is 0.200 e. The average Bonchev–Trinajstić information content (AvgIpc) is 3.77. The maximum absolute atomic E-state index is 14.8. The quantitative estimate of drug-likeness (QED) is 0.0735. The van der Waals surface area contributed by atoms with E-state index in [0.29, 0.717) is 4.70 Å². The first-order valence-corrected chi connectivity index (χ1v) is 18.5. The highest BCUT2D eigenvalue weighted by Crippen LogP contribution is 2.48. The Hall–Kier alpha value is -6.57. The molecular formula is C48H24F5NS. The molecule has 0 radical (unpaired) electrons. The zero-order valence-electron chi connectivity index (χ0n) is 28.6. The van der Waals surface area contributed by atoms with Crippen LogP contribution >= 0.6 is 11.3 Å². The van der Waals surface area contributed by atoms with Crippen molar-refractivity contribution in [2.75, 3.05) is 0 Å². The summed E-state index contributed by atoms with van der Waals surface area (Å²) in [4.78, 5) is 0. The van der Waals surface area contributed by atoms with E-state index in [1.807, 2.05) is 12.1 Å². The largest absolute Gasteiger partial charge is 0.309 e. The lowest BCUT2D eigenvalue weighted by atomic mass is 9.89. The lowest BCUT2D eigenvalue weighted by Crippen LogP contribution is -2.03. The monoisotopic (exact) mass is 741 g/mol. The molecule has 0 bridgehead atoms. The first-order valence-electron chi connectivity index (χ1n) is 17.7. The van der Waals surface area contributed by atoms with Crippen molar-refractivity contribution in [3.05, 3.63) is 175 Å². The van der Waals surface area contributed by atoms with Gasteiger partial charge < -0.3 is 4.57 Å². The Kier molecular flexibility index (Phi) is 6.80. The number of benzene rings is 9. The fourth-order valence-electron chi connectivity index (χ4n) is 8.57. The van der Waals surface area contributed by atoms with Crippen molar-refractivity contribution < 1.29 is 22.0 Å². The molecule has 0 fully saturated rings. The van der Waals surface area contributed by atoms with E-state index >= 15 is 0 Å². The molecule has 0 amide bonds. The van der Waals surface area contributed by atoms with E-state index in [-0.39, 0.29) is 5.56 Å². The highest BCUT2D eigenvalue weighted by molar-refractivity contribution is 7.25. The minimum absolute atomic E-state index is 0.0845. The van der Waals surface area contributed by atoms with Crippen molar-refractivity contribution in [1.82, 2.24) is 4.57 Å². The van der Waals surface area contributed by atoms with Crippen LogP contribution in [0.3, 0.4) is 0 Å². The Morgan fingerprint density at radius 1 is 0.382 bits per heavy atom. The molecule has 0 aliphatic heterocycles. The van der Waals surface area contributed by atoms with Crippen molar-refractivity contribution in [3.63, 3.8) is 0 Å². The van der Waals surface area contributed by atoms with E-state index in [1.165, 1.54) is 39.6 Å². The van der Waals surface area contributed by atoms with E-state index in [1.54, 1.807) is 6.07 Å². The summed E-state index contributed by atoms with van der Waals surface area (Å²) in [5, 5.41) is 11.0. The fourth-order valence-corrected chi connectivity index (χ4v) is 9.76. The second-order valence-electron chi connectivity index (χ2n) is 13.8. The molecule has 0 aliphatic carbocycles. The smallest absolute Gasteiger partial charge is 0.200 e. The molecule has 262 valence electrons. The molecule has 11 aromatic rings. The molecule has 1 nitrogen and oxygen atoms in total. The van der Waals surface area contributed by atoms with Gasteiger partial charge in [-0.05, 0) is 80.0 Å². The van der Waals surface area contributed by atoms with Gasteiger partial charge in [-0.2, -0.15) is 0 Å². The molecule has 11 rings (SSSR count). The second-order valence-corrected chi connectivity index (χ2v) is 14.9. The molecule has 7 heteroatoms. The van der Waals surface area contributed by atoms with Crippen molar-refractivity contribution in [2.24, 2.45) is 0 Å². The van der Waals surface area contributed by atoms with Crippen molar-refractivity contribution in [1.29, 1.82) is 0 Å². The standard InChI is InChI=1S/C48H24F5NS/c49-43-40(44(50)46(52)47(53)45(43)51)26-19-21-31-30-20-18-25(22-38(30)55-39(31)23-26)35-24-36-29-13-5-7-15-33(29)41-34-16-8-9-17-37(34)54(27-10-2-1-3-11-27)48(41)42(36)32-14-6-4-12-28(32)35/h1-24H. The lowest BCUT2D eigenvalue weighted by Gasteiger charge is -2.17. The summed E-state index contributed by atoms with van der Waals surface area (Å²) in [6.07, 6.45) is 0.